The molecule has 0 radical (unpaired) electrons. The number of nitrogens with zero attached hydrogens (tertiary/aromatic N) is 3. The van der Waals surface area contributed by atoms with Crippen molar-refractivity contribution in [2.45, 2.75) is 50.2 Å². The second kappa shape index (κ2) is 10.5. The Hall–Kier alpha value is -1.77. The molecule has 2 aromatic rings. The number of halogens is 2. The zero-order valence-corrected chi connectivity index (χ0v) is 19.3. The predicted molar refractivity (Wildman–Crippen MR) is 120 cm³/mol. The van der Waals surface area contributed by atoms with E-state index in [2.05, 4.69) is 27.8 Å². The van der Waals surface area contributed by atoms with Crippen LogP contribution in [0, 0.1) is 5.92 Å². The van der Waals surface area contributed by atoms with E-state index < -0.39 is 0 Å². The van der Waals surface area contributed by atoms with Crippen molar-refractivity contribution in [3.63, 3.8) is 0 Å². The van der Waals surface area contributed by atoms with E-state index in [0.717, 1.165) is 12.8 Å². The normalized spacial score (nSPS) is 18.8. The third kappa shape index (κ3) is 6.12. The lowest BCUT2D eigenvalue weighted by Gasteiger charge is -2.29. The predicted octanol–water partition coefficient (Wildman–Crippen LogP) is 4.09. The molecule has 1 aromatic heterocycles. The molecule has 0 aliphatic heterocycles. The number of nitrogens with one attached hydrogen (secondary N) is 2. The number of hydrogen-bond acceptors (Lipinski definition) is 5. The van der Waals surface area contributed by atoms with E-state index in [1.807, 2.05) is 0 Å². The van der Waals surface area contributed by atoms with Crippen LogP contribution in [0.4, 0.5) is 5.69 Å². The summed E-state index contributed by atoms with van der Waals surface area (Å²) < 4.78 is 1.73. The number of thioether (sulfide) groups is 1. The van der Waals surface area contributed by atoms with Crippen LogP contribution in [0.15, 0.2) is 23.4 Å². The molecule has 30 heavy (non-hydrogen) atoms. The lowest BCUT2D eigenvalue weighted by molar-refractivity contribution is -0.120. The van der Waals surface area contributed by atoms with Gasteiger partial charge in [-0.05, 0) is 37.0 Å². The van der Waals surface area contributed by atoms with Gasteiger partial charge in [0.15, 0.2) is 5.16 Å². The van der Waals surface area contributed by atoms with E-state index in [0.29, 0.717) is 32.6 Å². The van der Waals surface area contributed by atoms with Crippen molar-refractivity contribution in [1.82, 2.24) is 20.1 Å². The molecule has 1 heterocycles. The molecule has 1 saturated carbocycles. The molecule has 3 rings (SSSR count). The zero-order chi connectivity index (χ0) is 21.7. The Morgan fingerprint density at radius 1 is 1.17 bits per heavy atom. The average Bonchev–Trinajstić information content (AvgIpc) is 3.04. The third-order valence-corrected chi connectivity index (χ3v) is 7.00. The van der Waals surface area contributed by atoms with Crippen LogP contribution in [0.3, 0.4) is 0 Å². The minimum absolute atomic E-state index is 0.000611. The fraction of sp³-hybridized carbons (Fsp3) is 0.500. The lowest BCUT2D eigenvalue weighted by atomic mass is 9.86. The Morgan fingerprint density at radius 2 is 1.93 bits per heavy atom. The number of carbonyl (C=O) groups is 2. The van der Waals surface area contributed by atoms with Crippen LogP contribution in [-0.2, 0) is 23.1 Å². The number of hydrogen-bond donors (Lipinski definition) is 2. The van der Waals surface area contributed by atoms with Gasteiger partial charge in [-0.3, -0.25) is 9.59 Å². The largest absolute Gasteiger partial charge is 0.352 e. The van der Waals surface area contributed by atoms with Gasteiger partial charge in [0.2, 0.25) is 11.8 Å². The van der Waals surface area contributed by atoms with Gasteiger partial charge in [-0.2, -0.15) is 0 Å². The standard InChI is InChI=1S/C20H25Cl2N5O2S/c1-12-5-3-4-6-16(12)24-19(29)11-30-20-26-25-17(27(20)2)10-18(28)23-13-7-8-14(21)15(22)9-13/h7-9,12,16H,3-6,10-11H2,1-2H3,(H,23,28)(H,24,29)/t12-,16-/m1/s1. The van der Waals surface area contributed by atoms with E-state index in [-0.39, 0.29) is 30.0 Å². The maximum absolute atomic E-state index is 12.3. The van der Waals surface area contributed by atoms with Gasteiger partial charge in [-0.1, -0.05) is 54.7 Å². The summed E-state index contributed by atoms with van der Waals surface area (Å²) in [7, 11) is 1.78. The molecule has 1 aliphatic carbocycles. The molecular formula is C20H25Cl2N5O2S. The van der Waals surface area contributed by atoms with Crippen LogP contribution in [0.5, 0.6) is 0 Å². The fourth-order valence-electron chi connectivity index (χ4n) is 3.46. The molecule has 7 nitrogen and oxygen atoms in total. The highest BCUT2D eigenvalue weighted by atomic mass is 35.5. The van der Waals surface area contributed by atoms with Crippen molar-refractivity contribution < 1.29 is 9.59 Å². The Balaban J connectivity index is 1.50. The number of benzene rings is 1. The fourth-order valence-corrected chi connectivity index (χ4v) is 4.50. The number of aromatic nitrogens is 3. The maximum Gasteiger partial charge on any atom is 0.232 e. The average molecular weight is 470 g/mol. The van der Waals surface area contributed by atoms with E-state index in [9.17, 15) is 9.59 Å². The summed E-state index contributed by atoms with van der Waals surface area (Å²) in [6.07, 6.45) is 4.66. The van der Waals surface area contributed by atoms with Crippen molar-refractivity contribution >= 4 is 52.5 Å². The first-order valence-electron chi connectivity index (χ1n) is 9.89. The highest BCUT2D eigenvalue weighted by molar-refractivity contribution is 7.99. The SMILES string of the molecule is C[C@@H]1CCCC[C@H]1NC(=O)CSc1nnc(CC(=O)Nc2ccc(Cl)c(Cl)c2)n1C. The monoisotopic (exact) mass is 469 g/mol. The van der Waals surface area contributed by atoms with Gasteiger partial charge in [-0.25, -0.2) is 0 Å². The van der Waals surface area contributed by atoms with Crippen molar-refractivity contribution in [1.29, 1.82) is 0 Å². The first-order chi connectivity index (χ1) is 14.3. The van der Waals surface area contributed by atoms with Gasteiger partial charge >= 0.3 is 0 Å². The molecule has 1 aliphatic rings. The summed E-state index contributed by atoms with van der Waals surface area (Å²) in [4.78, 5) is 24.6. The Morgan fingerprint density at radius 3 is 2.67 bits per heavy atom. The van der Waals surface area contributed by atoms with Crippen molar-refractivity contribution in [3.8, 4) is 0 Å². The minimum atomic E-state index is -0.246. The topological polar surface area (TPSA) is 88.9 Å². The van der Waals surface area contributed by atoms with Gasteiger partial charge in [0.1, 0.15) is 5.82 Å². The number of anilines is 1. The Bertz CT molecular complexity index is 921. The number of rotatable bonds is 7. The second-order valence-electron chi connectivity index (χ2n) is 7.54. The summed E-state index contributed by atoms with van der Waals surface area (Å²) in [5.74, 6) is 1.05. The maximum atomic E-state index is 12.3. The van der Waals surface area contributed by atoms with Gasteiger partial charge in [0, 0.05) is 18.8 Å². The van der Waals surface area contributed by atoms with Crippen LogP contribution in [0.25, 0.3) is 0 Å². The quantitative estimate of drug-likeness (QED) is 0.595. The summed E-state index contributed by atoms with van der Waals surface area (Å²) in [5, 5.41) is 15.5. The summed E-state index contributed by atoms with van der Waals surface area (Å²) in [6.45, 7) is 2.19. The van der Waals surface area contributed by atoms with Gasteiger partial charge in [0.05, 0.1) is 22.2 Å². The molecule has 10 heteroatoms. The van der Waals surface area contributed by atoms with E-state index in [4.69, 9.17) is 23.2 Å². The molecule has 1 aromatic carbocycles. The molecule has 2 atom stereocenters. The summed E-state index contributed by atoms with van der Waals surface area (Å²) >= 11 is 13.2. The van der Waals surface area contributed by atoms with Gasteiger partial charge in [-0.15, -0.1) is 10.2 Å². The number of amides is 2. The zero-order valence-electron chi connectivity index (χ0n) is 17.0. The Labute approximate surface area is 190 Å². The van der Waals surface area contributed by atoms with E-state index >= 15 is 0 Å². The van der Waals surface area contributed by atoms with E-state index in [1.165, 1.54) is 24.6 Å². The summed E-state index contributed by atoms with van der Waals surface area (Å²) in [6, 6.07) is 5.14. The molecule has 1 fully saturated rings. The molecule has 2 N–H and O–H groups in total. The van der Waals surface area contributed by atoms with Crippen LogP contribution in [-0.4, -0.2) is 38.4 Å². The van der Waals surface area contributed by atoms with Crippen molar-refractivity contribution in [2.24, 2.45) is 13.0 Å². The van der Waals surface area contributed by atoms with E-state index in [1.54, 1.807) is 29.8 Å². The van der Waals surface area contributed by atoms with Gasteiger partial charge < -0.3 is 15.2 Å². The lowest BCUT2D eigenvalue weighted by Crippen LogP contribution is -2.41. The summed E-state index contributed by atoms with van der Waals surface area (Å²) in [5.41, 5.74) is 0.555. The molecule has 2 amide bonds. The Kier molecular flexibility index (Phi) is 8.02. The molecule has 0 spiro atoms. The first kappa shape index (κ1) is 22.9. The molecule has 0 unspecified atom stereocenters. The van der Waals surface area contributed by atoms with Crippen molar-refractivity contribution in [2.75, 3.05) is 11.1 Å². The van der Waals surface area contributed by atoms with Gasteiger partial charge in [0.25, 0.3) is 0 Å². The van der Waals surface area contributed by atoms with Crippen LogP contribution < -0.4 is 10.6 Å². The second-order valence-corrected chi connectivity index (χ2v) is 9.29. The van der Waals surface area contributed by atoms with Crippen LogP contribution >= 0.6 is 35.0 Å². The molecular weight excluding hydrogens is 445 g/mol. The van der Waals surface area contributed by atoms with Crippen molar-refractivity contribution in [3.05, 3.63) is 34.1 Å². The minimum Gasteiger partial charge on any atom is -0.352 e. The molecule has 0 saturated heterocycles. The highest BCUT2D eigenvalue weighted by Gasteiger charge is 2.23. The molecule has 0 bridgehead atoms. The van der Waals surface area contributed by atoms with Crippen LogP contribution in [0.2, 0.25) is 10.0 Å². The first-order valence-corrected chi connectivity index (χ1v) is 11.6. The smallest absolute Gasteiger partial charge is 0.232 e. The number of carbonyl (C=O) groups excluding carboxylic acids is 2. The van der Waals surface area contributed by atoms with Crippen LogP contribution in [0.1, 0.15) is 38.4 Å². The molecule has 162 valence electrons. The highest BCUT2D eigenvalue weighted by Crippen LogP contribution is 2.26. The third-order valence-electron chi connectivity index (χ3n) is 5.24.